The van der Waals surface area contributed by atoms with Crippen LogP contribution < -0.4 is 4.98 Å². The van der Waals surface area contributed by atoms with Crippen LogP contribution >= 0.6 is 0 Å². The molecule has 0 saturated heterocycles. The van der Waals surface area contributed by atoms with Crippen LogP contribution in [0.15, 0.2) is 152 Å². The molecule has 0 aliphatic rings. The Hall–Kier alpha value is -6.55. The molecule has 6 heteroatoms. The predicted octanol–water partition coefficient (Wildman–Crippen LogP) is 12.8. The second-order valence-electron chi connectivity index (χ2n) is 15.2. The monoisotopic (exact) mass is 926 g/mol. The van der Waals surface area contributed by atoms with Crippen LogP contribution in [0, 0.1) is 33.8 Å². The molecule has 58 heavy (non-hydrogen) atoms. The van der Waals surface area contributed by atoms with Crippen molar-refractivity contribution in [2.24, 2.45) is 0 Å². The van der Waals surface area contributed by atoms with Crippen LogP contribution in [0.2, 0.25) is 0 Å². The van der Waals surface area contributed by atoms with E-state index in [9.17, 15) is 0 Å². The van der Waals surface area contributed by atoms with Crippen molar-refractivity contribution >= 4 is 54.6 Å². The maximum absolute atomic E-state index is 5.52. The number of aromatic nitrogens is 5. The molecule has 0 saturated carbocycles. The van der Waals surface area contributed by atoms with Gasteiger partial charge in [-0.05, 0) is 114 Å². The molecule has 0 spiro atoms. The topological polar surface area (TPSA) is 49.7 Å². The standard InChI is InChI=1S/C52H37N5.Pt/c1-31-26-33(3)49(34(4)27-31)42-30-43-39-24-23-35(29-47(39)57(46(43)28-32(42)2)48-22-10-11-25-53-48)37-17-13-21-45-51(37)55-52(56(45)36-14-6-5-7-15-36)41-19-12-18-40-38-16-8-9-20-44(38)54-50(40)41;/h5-28,30H,1-4H3;/q-2;+2. The van der Waals surface area contributed by atoms with E-state index in [1.54, 1.807) is 0 Å². The summed E-state index contributed by atoms with van der Waals surface area (Å²) in [6.45, 7) is 8.84. The summed E-state index contributed by atoms with van der Waals surface area (Å²) in [5, 5.41) is 4.58. The van der Waals surface area contributed by atoms with Crippen LogP contribution in [0.1, 0.15) is 22.3 Å². The van der Waals surface area contributed by atoms with E-state index in [0.29, 0.717) is 0 Å². The summed E-state index contributed by atoms with van der Waals surface area (Å²) in [4.78, 5) is 15.5. The van der Waals surface area contributed by atoms with Crippen LogP contribution in [-0.2, 0) is 21.1 Å². The van der Waals surface area contributed by atoms with E-state index >= 15 is 0 Å². The van der Waals surface area contributed by atoms with Gasteiger partial charge in [-0.3, -0.25) is 4.57 Å². The van der Waals surface area contributed by atoms with Crippen LogP contribution in [0.4, 0.5) is 0 Å². The Bertz CT molecular complexity index is 3370. The van der Waals surface area contributed by atoms with E-state index in [-0.39, 0.29) is 21.1 Å². The van der Waals surface area contributed by atoms with Crippen molar-refractivity contribution in [3.05, 3.63) is 180 Å². The van der Waals surface area contributed by atoms with Crippen molar-refractivity contribution in [1.82, 2.24) is 24.1 Å². The molecule has 0 aliphatic heterocycles. The summed E-state index contributed by atoms with van der Waals surface area (Å²) >= 11 is 0. The van der Waals surface area contributed by atoms with Crippen molar-refractivity contribution in [2.45, 2.75) is 27.7 Å². The third-order valence-electron chi connectivity index (χ3n) is 11.5. The van der Waals surface area contributed by atoms with E-state index in [1.165, 1.54) is 38.8 Å². The molecule has 11 aromatic rings. The zero-order chi connectivity index (χ0) is 38.4. The van der Waals surface area contributed by atoms with Gasteiger partial charge in [0.25, 0.3) is 0 Å². The molecule has 0 unspecified atom stereocenters. The molecule has 0 aliphatic carbocycles. The van der Waals surface area contributed by atoms with Gasteiger partial charge in [0.2, 0.25) is 0 Å². The molecular weight excluding hydrogens is 890 g/mol. The number of nitrogens with zero attached hydrogens (tertiary/aromatic N) is 5. The smallest absolute Gasteiger partial charge is 0.656 e. The Labute approximate surface area is 350 Å². The molecule has 0 N–H and O–H groups in total. The number of imidazole rings is 1. The van der Waals surface area contributed by atoms with Gasteiger partial charge in [-0.25, -0.2) is 9.97 Å². The Morgan fingerprint density at radius 3 is 2.10 bits per heavy atom. The number of rotatable bonds is 5. The summed E-state index contributed by atoms with van der Waals surface area (Å²) in [5.74, 6) is 1.71. The molecule has 11 rings (SSSR count). The molecule has 0 radical (unpaired) electrons. The number of benzene rings is 7. The number of hydrogen-bond acceptors (Lipinski definition) is 2. The summed E-state index contributed by atoms with van der Waals surface area (Å²) in [5.41, 5.74) is 17.6. The molecular formula is C52H37N5Pt. The molecule has 4 heterocycles. The van der Waals surface area contributed by atoms with Crippen molar-refractivity contribution < 1.29 is 21.1 Å². The normalized spacial score (nSPS) is 11.7. The van der Waals surface area contributed by atoms with Crippen LogP contribution in [0.3, 0.4) is 0 Å². The zero-order valence-corrected chi connectivity index (χ0v) is 34.8. The van der Waals surface area contributed by atoms with E-state index in [2.05, 4.69) is 170 Å². The largest absolute Gasteiger partial charge is 2.00 e. The third kappa shape index (κ3) is 5.49. The Kier molecular flexibility index (Phi) is 8.54. The molecule has 5 nitrogen and oxygen atoms in total. The van der Waals surface area contributed by atoms with Crippen molar-refractivity contribution in [3.8, 4) is 45.1 Å². The van der Waals surface area contributed by atoms with Gasteiger partial charge in [0.15, 0.2) is 0 Å². The fraction of sp³-hybridized carbons (Fsp3) is 0.0769. The first-order valence-electron chi connectivity index (χ1n) is 19.5. The number of pyridine rings is 1. The molecule has 0 fully saturated rings. The minimum atomic E-state index is 0. The fourth-order valence-corrected chi connectivity index (χ4v) is 9.16. The first-order chi connectivity index (χ1) is 27.9. The maximum Gasteiger partial charge on any atom is 2.00 e. The Morgan fingerprint density at radius 2 is 1.29 bits per heavy atom. The second-order valence-corrected chi connectivity index (χ2v) is 15.2. The fourth-order valence-electron chi connectivity index (χ4n) is 9.16. The number of hydrogen-bond donors (Lipinski definition) is 0. The quantitative estimate of drug-likeness (QED) is 0.162. The van der Waals surface area contributed by atoms with Gasteiger partial charge < -0.3 is 9.55 Å². The van der Waals surface area contributed by atoms with Gasteiger partial charge in [-0.2, -0.15) is 0 Å². The zero-order valence-electron chi connectivity index (χ0n) is 32.5. The van der Waals surface area contributed by atoms with Gasteiger partial charge in [0, 0.05) is 23.0 Å². The summed E-state index contributed by atoms with van der Waals surface area (Å²) in [7, 11) is 0. The maximum atomic E-state index is 5.52. The summed E-state index contributed by atoms with van der Waals surface area (Å²) in [6, 6.07) is 55.5. The minimum Gasteiger partial charge on any atom is -0.656 e. The van der Waals surface area contributed by atoms with Crippen LogP contribution in [0.25, 0.3) is 99.8 Å². The van der Waals surface area contributed by atoms with Crippen LogP contribution in [-0.4, -0.2) is 19.1 Å². The minimum absolute atomic E-state index is 0. The van der Waals surface area contributed by atoms with Gasteiger partial charge >= 0.3 is 21.1 Å². The molecule has 7 aromatic carbocycles. The van der Waals surface area contributed by atoms with Gasteiger partial charge in [-0.15, -0.1) is 34.8 Å². The average molecular weight is 927 g/mol. The molecule has 0 bridgehead atoms. The molecule has 0 atom stereocenters. The van der Waals surface area contributed by atoms with E-state index in [4.69, 9.17) is 15.0 Å². The van der Waals surface area contributed by atoms with E-state index < -0.39 is 0 Å². The van der Waals surface area contributed by atoms with Crippen LogP contribution in [0.5, 0.6) is 0 Å². The van der Waals surface area contributed by atoms with Crippen molar-refractivity contribution in [3.63, 3.8) is 0 Å². The van der Waals surface area contributed by atoms with Crippen molar-refractivity contribution in [2.75, 3.05) is 0 Å². The first-order valence-corrected chi connectivity index (χ1v) is 19.5. The molecule has 4 aromatic heterocycles. The van der Waals surface area contributed by atoms with Gasteiger partial charge in [0.1, 0.15) is 11.6 Å². The molecule has 0 amide bonds. The number of para-hydroxylation sites is 4. The Balaban J connectivity index is 0.00000408. The summed E-state index contributed by atoms with van der Waals surface area (Å²) in [6.07, 6.45) is 1.86. The first kappa shape index (κ1) is 35.8. The van der Waals surface area contributed by atoms with Gasteiger partial charge in [-0.1, -0.05) is 114 Å². The number of fused-ring (bicyclic) bond motifs is 7. The SMILES string of the molecule is Cc1cc(C)c(-c2cc3c4ccc(-c5cccc6c5nc(-c5cccc7c5[n-]c5ccccc57)n6-c5ccccc5)[c-]c4n(-c4ccccn4)c3cc2C)c(C)c1.[Pt+2]. The Morgan fingerprint density at radius 1 is 0.552 bits per heavy atom. The van der Waals surface area contributed by atoms with E-state index in [0.717, 1.165) is 83.3 Å². The average Bonchev–Trinajstić information content (AvgIpc) is 3.90. The predicted molar refractivity (Wildman–Crippen MR) is 236 cm³/mol. The van der Waals surface area contributed by atoms with Crippen molar-refractivity contribution in [1.29, 1.82) is 0 Å². The van der Waals surface area contributed by atoms with Gasteiger partial charge in [0.05, 0.1) is 11.0 Å². The third-order valence-corrected chi connectivity index (χ3v) is 11.5. The second kappa shape index (κ2) is 13.8. The molecule has 280 valence electrons. The number of aryl methyl sites for hydroxylation is 4. The van der Waals surface area contributed by atoms with E-state index in [1.807, 2.05) is 24.4 Å². The summed E-state index contributed by atoms with van der Waals surface area (Å²) < 4.78 is 4.54.